The summed E-state index contributed by atoms with van der Waals surface area (Å²) in [4.78, 5) is 13.1. The van der Waals surface area contributed by atoms with Crippen molar-refractivity contribution < 1.29 is 0 Å². The number of hydrogen-bond donors (Lipinski definition) is 2. The van der Waals surface area contributed by atoms with E-state index < -0.39 is 0 Å². The lowest BCUT2D eigenvalue weighted by Crippen LogP contribution is -2.08. The Morgan fingerprint density at radius 3 is 2.57 bits per heavy atom. The van der Waals surface area contributed by atoms with Crippen molar-refractivity contribution in [1.29, 1.82) is 0 Å². The van der Waals surface area contributed by atoms with Gasteiger partial charge in [0.05, 0.1) is 12.9 Å². The van der Waals surface area contributed by atoms with Crippen molar-refractivity contribution in [3.8, 4) is 0 Å². The summed E-state index contributed by atoms with van der Waals surface area (Å²) in [6, 6.07) is 10.2. The summed E-state index contributed by atoms with van der Waals surface area (Å²) in [5.41, 5.74) is 8.56. The standard InChI is InChI=1S/C15H18N6.C2H6/c1-2-8-17-15-19-13(16)12-14(20-15)21(10-18-12)9-11-6-4-3-5-7-11;1-2/h3-7,10H,2,8-9H2,1H3,(H3,16,17,19,20);1-2H3. The van der Waals surface area contributed by atoms with Crippen LogP contribution in [0.4, 0.5) is 11.8 Å². The maximum atomic E-state index is 5.97. The Morgan fingerprint density at radius 1 is 1.13 bits per heavy atom. The van der Waals surface area contributed by atoms with Crippen LogP contribution in [-0.4, -0.2) is 26.1 Å². The van der Waals surface area contributed by atoms with Crippen molar-refractivity contribution in [3.05, 3.63) is 42.2 Å². The average molecular weight is 312 g/mol. The molecule has 3 N–H and O–H groups in total. The van der Waals surface area contributed by atoms with Crippen LogP contribution in [0, 0.1) is 0 Å². The molecule has 0 unspecified atom stereocenters. The van der Waals surface area contributed by atoms with Crippen molar-refractivity contribution >= 4 is 22.9 Å². The first-order valence-electron chi connectivity index (χ1n) is 8.04. The van der Waals surface area contributed by atoms with Crippen LogP contribution in [0.1, 0.15) is 32.8 Å². The van der Waals surface area contributed by atoms with Gasteiger partial charge in [0, 0.05) is 6.54 Å². The van der Waals surface area contributed by atoms with E-state index in [1.807, 2.05) is 36.6 Å². The highest BCUT2D eigenvalue weighted by molar-refractivity contribution is 5.82. The molecule has 3 rings (SSSR count). The van der Waals surface area contributed by atoms with E-state index in [2.05, 4.69) is 39.3 Å². The van der Waals surface area contributed by atoms with Crippen molar-refractivity contribution in [1.82, 2.24) is 19.5 Å². The Labute approximate surface area is 136 Å². The van der Waals surface area contributed by atoms with Gasteiger partial charge in [0.15, 0.2) is 11.5 Å². The zero-order valence-electron chi connectivity index (χ0n) is 14.0. The molecular formula is C17H24N6. The highest BCUT2D eigenvalue weighted by Crippen LogP contribution is 2.19. The number of nitrogen functional groups attached to an aromatic ring is 1. The van der Waals surface area contributed by atoms with Gasteiger partial charge in [-0.1, -0.05) is 51.1 Å². The monoisotopic (exact) mass is 312 g/mol. The molecule has 0 amide bonds. The predicted octanol–water partition coefficient (Wildman–Crippen LogP) is 3.30. The number of nitrogens with zero attached hydrogens (tertiary/aromatic N) is 4. The lowest BCUT2D eigenvalue weighted by Gasteiger charge is -2.07. The molecule has 2 aromatic heterocycles. The largest absolute Gasteiger partial charge is 0.382 e. The summed E-state index contributed by atoms with van der Waals surface area (Å²) in [5, 5.41) is 3.16. The number of rotatable bonds is 5. The molecule has 3 aromatic rings. The first-order valence-corrected chi connectivity index (χ1v) is 8.04. The lowest BCUT2D eigenvalue weighted by atomic mass is 10.2. The van der Waals surface area contributed by atoms with Gasteiger partial charge in [0.25, 0.3) is 0 Å². The van der Waals surface area contributed by atoms with Crippen LogP contribution in [0.15, 0.2) is 36.7 Å². The maximum absolute atomic E-state index is 5.97. The van der Waals surface area contributed by atoms with Crippen LogP contribution in [0.2, 0.25) is 0 Å². The molecule has 0 spiro atoms. The first-order chi connectivity index (χ1) is 11.3. The molecule has 0 saturated carbocycles. The fraction of sp³-hybridized carbons (Fsp3) is 0.353. The number of hydrogen-bond acceptors (Lipinski definition) is 5. The molecular weight excluding hydrogens is 288 g/mol. The summed E-state index contributed by atoms with van der Waals surface area (Å²) in [6.07, 6.45) is 2.76. The van der Waals surface area contributed by atoms with E-state index >= 15 is 0 Å². The van der Waals surface area contributed by atoms with E-state index in [4.69, 9.17) is 5.73 Å². The zero-order chi connectivity index (χ0) is 16.7. The molecule has 0 fully saturated rings. The van der Waals surface area contributed by atoms with Crippen molar-refractivity contribution in [3.63, 3.8) is 0 Å². The number of benzene rings is 1. The Hall–Kier alpha value is -2.63. The van der Waals surface area contributed by atoms with E-state index in [1.165, 1.54) is 5.56 Å². The number of anilines is 2. The SMILES string of the molecule is CC.CCCNc1nc(N)c2ncn(Cc3ccccc3)c2n1. The topological polar surface area (TPSA) is 81.6 Å². The van der Waals surface area contributed by atoms with Crippen LogP contribution < -0.4 is 11.1 Å². The molecule has 2 heterocycles. The minimum atomic E-state index is 0.408. The molecule has 0 atom stereocenters. The fourth-order valence-corrected chi connectivity index (χ4v) is 2.18. The van der Waals surface area contributed by atoms with Crippen LogP contribution in [-0.2, 0) is 6.54 Å². The lowest BCUT2D eigenvalue weighted by molar-refractivity contribution is 0.813. The van der Waals surface area contributed by atoms with Gasteiger partial charge in [-0.15, -0.1) is 0 Å². The minimum Gasteiger partial charge on any atom is -0.382 e. The number of nitrogens with one attached hydrogen (secondary N) is 1. The first kappa shape index (κ1) is 16.7. The summed E-state index contributed by atoms with van der Waals surface area (Å²) in [5.74, 6) is 0.960. The normalized spacial score (nSPS) is 10.2. The maximum Gasteiger partial charge on any atom is 0.226 e. The van der Waals surface area contributed by atoms with Crippen LogP contribution in [0.5, 0.6) is 0 Å². The summed E-state index contributed by atoms with van der Waals surface area (Å²) in [6.45, 7) is 7.62. The van der Waals surface area contributed by atoms with Gasteiger partial charge in [-0.2, -0.15) is 9.97 Å². The summed E-state index contributed by atoms with van der Waals surface area (Å²) < 4.78 is 1.99. The van der Waals surface area contributed by atoms with E-state index in [-0.39, 0.29) is 0 Å². The third kappa shape index (κ3) is 3.97. The molecule has 23 heavy (non-hydrogen) atoms. The van der Waals surface area contributed by atoms with Crippen molar-refractivity contribution in [2.24, 2.45) is 0 Å². The van der Waals surface area contributed by atoms with Gasteiger partial charge in [-0.3, -0.25) is 0 Å². The minimum absolute atomic E-state index is 0.408. The van der Waals surface area contributed by atoms with Crippen molar-refractivity contribution in [2.45, 2.75) is 33.7 Å². The molecule has 6 heteroatoms. The van der Waals surface area contributed by atoms with E-state index in [9.17, 15) is 0 Å². The highest BCUT2D eigenvalue weighted by atomic mass is 15.2. The van der Waals surface area contributed by atoms with Crippen molar-refractivity contribution in [2.75, 3.05) is 17.6 Å². The molecule has 0 aliphatic carbocycles. The second-order valence-corrected chi connectivity index (χ2v) is 4.89. The molecule has 0 aliphatic rings. The number of fused-ring (bicyclic) bond motifs is 1. The summed E-state index contributed by atoms with van der Waals surface area (Å²) >= 11 is 0. The zero-order valence-corrected chi connectivity index (χ0v) is 14.0. The predicted molar refractivity (Wildman–Crippen MR) is 95.4 cm³/mol. The fourth-order valence-electron chi connectivity index (χ4n) is 2.18. The molecule has 1 aromatic carbocycles. The Bertz CT molecular complexity index is 735. The van der Waals surface area contributed by atoms with Gasteiger partial charge in [-0.05, 0) is 12.0 Å². The molecule has 0 aliphatic heterocycles. The quantitative estimate of drug-likeness (QED) is 0.755. The van der Waals surface area contributed by atoms with Gasteiger partial charge in [0.1, 0.15) is 5.52 Å². The van der Waals surface area contributed by atoms with Crippen LogP contribution in [0.25, 0.3) is 11.2 Å². The second-order valence-electron chi connectivity index (χ2n) is 4.89. The third-order valence-electron chi connectivity index (χ3n) is 3.22. The third-order valence-corrected chi connectivity index (χ3v) is 3.22. The van der Waals surface area contributed by atoms with Gasteiger partial charge >= 0.3 is 0 Å². The molecule has 6 nitrogen and oxygen atoms in total. The van der Waals surface area contributed by atoms with E-state index in [0.29, 0.717) is 23.8 Å². The molecule has 0 radical (unpaired) electrons. The number of aromatic nitrogens is 4. The van der Waals surface area contributed by atoms with E-state index in [0.717, 1.165) is 18.6 Å². The van der Waals surface area contributed by atoms with Gasteiger partial charge in [0.2, 0.25) is 5.95 Å². The highest BCUT2D eigenvalue weighted by Gasteiger charge is 2.11. The number of nitrogens with two attached hydrogens (primary N) is 1. The van der Waals surface area contributed by atoms with Crippen LogP contribution in [0.3, 0.4) is 0 Å². The molecule has 0 saturated heterocycles. The van der Waals surface area contributed by atoms with E-state index in [1.54, 1.807) is 6.33 Å². The molecule has 0 bridgehead atoms. The summed E-state index contributed by atoms with van der Waals surface area (Å²) in [7, 11) is 0. The number of imidazole rings is 1. The van der Waals surface area contributed by atoms with Crippen LogP contribution >= 0.6 is 0 Å². The Balaban J connectivity index is 0.000000924. The Morgan fingerprint density at radius 2 is 1.87 bits per heavy atom. The Kier molecular flexibility index (Phi) is 5.91. The second kappa shape index (κ2) is 8.12. The smallest absolute Gasteiger partial charge is 0.226 e. The van der Waals surface area contributed by atoms with Gasteiger partial charge < -0.3 is 15.6 Å². The molecule has 122 valence electrons. The van der Waals surface area contributed by atoms with Gasteiger partial charge in [-0.25, -0.2) is 4.98 Å². The average Bonchev–Trinajstić information content (AvgIpc) is 2.99.